The van der Waals surface area contributed by atoms with E-state index in [1.165, 1.54) is 5.56 Å². The van der Waals surface area contributed by atoms with Gasteiger partial charge < -0.3 is 10.1 Å². The number of methoxy groups -OCH3 is 1. The molecule has 5 aromatic rings. The van der Waals surface area contributed by atoms with Crippen molar-refractivity contribution in [1.29, 1.82) is 0 Å². The van der Waals surface area contributed by atoms with Crippen molar-refractivity contribution in [3.05, 3.63) is 90.1 Å². The number of aryl methyl sites for hydroxylation is 1. The molecule has 2 heterocycles. The van der Waals surface area contributed by atoms with E-state index >= 15 is 0 Å². The van der Waals surface area contributed by atoms with Crippen LogP contribution in [0, 0.1) is 6.92 Å². The molecule has 1 amide bonds. The number of aromatic nitrogens is 3. The number of nitrogens with zero attached hydrogens (tertiary/aromatic N) is 3. The van der Waals surface area contributed by atoms with Crippen LogP contribution in [0.1, 0.15) is 11.1 Å². The van der Waals surface area contributed by atoms with Crippen molar-refractivity contribution in [3.8, 4) is 17.0 Å². The van der Waals surface area contributed by atoms with Crippen LogP contribution < -0.4 is 10.1 Å². The molecule has 0 aliphatic carbocycles. The summed E-state index contributed by atoms with van der Waals surface area (Å²) in [5, 5.41) is 9.76. The number of hydrogen-bond acceptors (Lipinski definition) is 4. The predicted molar refractivity (Wildman–Crippen MR) is 130 cm³/mol. The number of amides is 1. The third-order valence-electron chi connectivity index (χ3n) is 5.75. The number of carbonyl (C=O) groups excluding carboxylic acids is 1. The predicted octanol–water partition coefficient (Wildman–Crippen LogP) is 4.88. The summed E-state index contributed by atoms with van der Waals surface area (Å²) in [5.74, 6) is 0.684. The molecular formula is C27H24N4O2. The number of fused-ring (bicyclic) bond motifs is 3. The Morgan fingerprint density at radius 1 is 0.970 bits per heavy atom. The van der Waals surface area contributed by atoms with Crippen LogP contribution in [0.5, 0.6) is 5.75 Å². The molecule has 0 saturated heterocycles. The molecule has 0 spiro atoms. The maximum Gasteiger partial charge on any atom is 0.242 e. The molecular weight excluding hydrogens is 412 g/mol. The topological polar surface area (TPSA) is 69.0 Å². The van der Waals surface area contributed by atoms with E-state index in [9.17, 15) is 4.79 Å². The fourth-order valence-electron chi connectivity index (χ4n) is 3.98. The summed E-state index contributed by atoms with van der Waals surface area (Å²) in [6, 6.07) is 23.8. The van der Waals surface area contributed by atoms with E-state index in [4.69, 9.17) is 9.84 Å². The van der Waals surface area contributed by atoms with E-state index in [1.54, 1.807) is 11.8 Å². The quantitative estimate of drug-likeness (QED) is 0.412. The van der Waals surface area contributed by atoms with Gasteiger partial charge in [0.1, 0.15) is 18.0 Å². The monoisotopic (exact) mass is 436 g/mol. The van der Waals surface area contributed by atoms with Crippen LogP contribution in [-0.2, 0) is 17.9 Å². The number of rotatable bonds is 6. The zero-order valence-electron chi connectivity index (χ0n) is 18.6. The molecule has 0 bridgehead atoms. The van der Waals surface area contributed by atoms with Gasteiger partial charge in [-0.3, -0.25) is 14.5 Å². The van der Waals surface area contributed by atoms with Gasteiger partial charge >= 0.3 is 0 Å². The Kier molecular flexibility index (Phi) is 5.48. The molecule has 5 rings (SSSR count). The van der Waals surface area contributed by atoms with Gasteiger partial charge in [-0.05, 0) is 30.7 Å². The van der Waals surface area contributed by atoms with Crippen LogP contribution >= 0.6 is 0 Å². The first kappa shape index (κ1) is 20.7. The van der Waals surface area contributed by atoms with Crippen LogP contribution in [0.25, 0.3) is 33.1 Å². The highest BCUT2D eigenvalue weighted by molar-refractivity contribution is 6.08. The molecule has 0 unspecified atom stereocenters. The maximum atomic E-state index is 12.9. The minimum absolute atomic E-state index is 0.105. The van der Waals surface area contributed by atoms with Gasteiger partial charge in [-0.1, -0.05) is 60.2 Å². The fraction of sp³-hybridized carbons (Fsp3) is 0.148. The summed E-state index contributed by atoms with van der Waals surface area (Å²) in [4.78, 5) is 17.5. The molecule has 3 aromatic carbocycles. The highest BCUT2D eigenvalue weighted by Crippen LogP contribution is 2.32. The zero-order chi connectivity index (χ0) is 22.8. The van der Waals surface area contributed by atoms with Crippen molar-refractivity contribution in [2.45, 2.75) is 20.0 Å². The van der Waals surface area contributed by atoms with Gasteiger partial charge in [-0.15, -0.1) is 0 Å². The number of hydrogen-bond donors (Lipinski definition) is 1. The van der Waals surface area contributed by atoms with E-state index < -0.39 is 0 Å². The summed E-state index contributed by atoms with van der Waals surface area (Å²) >= 11 is 0. The third-order valence-corrected chi connectivity index (χ3v) is 5.75. The molecule has 164 valence electrons. The first-order chi connectivity index (χ1) is 16.1. The van der Waals surface area contributed by atoms with Crippen molar-refractivity contribution < 1.29 is 9.53 Å². The number of nitrogens with one attached hydrogen (secondary N) is 1. The van der Waals surface area contributed by atoms with Gasteiger partial charge in [-0.2, -0.15) is 5.10 Å². The van der Waals surface area contributed by atoms with E-state index in [0.29, 0.717) is 6.54 Å². The standard InChI is InChI=1S/C27H24N4O2/c1-18-7-11-20(12-8-18)26-23-16-28-24-6-4-3-5-22(24)27(23)31(30-26)17-25(32)29-15-19-9-13-21(33-2)14-10-19/h3-14,16H,15,17H2,1-2H3,(H,29,32). The summed E-state index contributed by atoms with van der Waals surface area (Å²) in [7, 11) is 1.63. The number of ether oxygens (including phenoxy) is 1. The zero-order valence-corrected chi connectivity index (χ0v) is 18.6. The lowest BCUT2D eigenvalue weighted by Gasteiger charge is -2.08. The molecule has 0 aliphatic heterocycles. The second-order valence-electron chi connectivity index (χ2n) is 8.03. The Balaban J connectivity index is 1.49. The van der Waals surface area contributed by atoms with E-state index in [0.717, 1.165) is 44.4 Å². The van der Waals surface area contributed by atoms with Gasteiger partial charge in [-0.25, -0.2) is 0 Å². The molecule has 1 N–H and O–H groups in total. The first-order valence-electron chi connectivity index (χ1n) is 10.8. The number of carbonyl (C=O) groups is 1. The lowest BCUT2D eigenvalue weighted by Crippen LogP contribution is -2.27. The average Bonchev–Trinajstić information content (AvgIpc) is 3.22. The fourth-order valence-corrected chi connectivity index (χ4v) is 3.98. The molecule has 6 heteroatoms. The molecule has 0 radical (unpaired) electrons. The Bertz CT molecular complexity index is 1440. The second-order valence-corrected chi connectivity index (χ2v) is 8.03. The maximum absolute atomic E-state index is 12.9. The van der Waals surface area contributed by atoms with Gasteiger partial charge in [0.05, 0.1) is 18.1 Å². The molecule has 2 aromatic heterocycles. The van der Waals surface area contributed by atoms with Crippen molar-refractivity contribution >= 4 is 27.7 Å². The van der Waals surface area contributed by atoms with E-state index in [1.807, 2.05) is 54.7 Å². The van der Waals surface area contributed by atoms with Crippen molar-refractivity contribution in [2.75, 3.05) is 7.11 Å². The molecule has 0 aliphatic rings. The van der Waals surface area contributed by atoms with Gasteiger partial charge in [0.2, 0.25) is 5.91 Å². The normalized spacial score (nSPS) is 11.1. The lowest BCUT2D eigenvalue weighted by atomic mass is 10.1. The Labute approximate surface area is 191 Å². The summed E-state index contributed by atoms with van der Waals surface area (Å²) < 4.78 is 6.98. The largest absolute Gasteiger partial charge is 0.497 e. The molecule has 33 heavy (non-hydrogen) atoms. The van der Waals surface area contributed by atoms with Crippen LogP contribution in [0.2, 0.25) is 0 Å². The van der Waals surface area contributed by atoms with Crippen molar-refractivity contribution in [2.24, 2.45) is 0 Å². The van der Waals surface area contributed by atoms with Crippen LogP contribution in [0.3, 0.4) is 0 Å². The van der Waals surface area contributed by atoms with Crippen molar-refractivity contribution in [1.82, 2.24) is 20.1 Å². The summed E-state index contributed by atoms with van der Waals surface area (Å²) in [6.07, 6.45) is 1.85. The van der Waals surface area contributed by atoms with Gasteiger partial charge in [0, 0.05) is 29.1 Å². The van der Waals surface area contributed by atoms with Gasteiger partial charge in [0.25, 0.3) is 0 Å². The van der Waals surface area contributed by atoms with Crippen LogP contribution in [0.4, 0.5) is 0 Å². The highest BCUT2D eigenvalue weighted by atomic mass is 16.5. The number of para-hydroxylation sites is 1. The van der Waals surface area contributed by atoms with E-state index in [-0.39, 0.29) is 12.5 Å². The van der Waals surface area contributed by atoms with E-state index in [2.05, 4.69) is 41.5 Å². The Morgan fingerprint density at radius 3 is 2.48 bits per heavy atom. The van der Waals surface area contributed by atoms with Gasteiger partial charge in [0.15, 0.2) is 0 Å². The minimum Gasteiger partial charge on any atom is -0.497 e. The Hall–Kier alpha value is -4.19. The highest BCUT2D eigenvalue weighted by Gasteiger charge is 2.17. The molecule has 0 fully saturated rings. The Morgan fingerprint density at radius 2 is 1.73 bits per heavy atom. The lowest BCUT2D eigenvalue weighted by molar-refractivity contribution is -0.121. The number of pyridine rings is 1. The average molecular weight is 437 g/mol. The van der Waals surface area contributed by atoms with Crippen LogP contribution in [-0.4, -0.2) is 27.8 Å². The van der Waals surface area contributed by atoms with Crippen LogP contribution in [0.15, 0.2) is 79.0 Å². The van der Waals surface area contributed by atoms with Crippen molar-refractivity contribution in [3.63, 3.8) is 0 Å². The summed E-state index contributed by atoms with van der Waals surface area (Å²) in [5.41, 5.74) is 5.80. The molecule has 0 saturated carbocycles. The number of benzene rings is 3. The third kappa shape index (κ3) is 4.15. The smallest absolute Gasteiger partial charge is 0.242 e. The first-order valence-corrected chi connectivity index (χ1v) is 10.8. The molecule has 6 nitrogen and oxygen atoms in total. The second kappa shape index (κ2) is 8.74. The minimum atomic E-state index is -0.105. The molecule has 0 atom stereocenters. The SMILES string of the molecule is COc1ccc(CNC(=O)Cn2nc(-c3ccc(C)cc3)c3cnc4ccccc4c32)cc1. The summed E-state index contributed by atoms with van der Waals surface area (Å²) in [6.45, 7) is 2.62.